The molecule has 0 saturated carbocycles. The molecule has 176 valence electrons. The van der Waals surface area contributed by atoms with Crippen LogP contribution in [0, 0.1) is 0 Å². The molecule has 0 radical (unpaired) electrons. The molecule has 1 fully saturated rings. The number of hydrogen-bond acceptors (Lipinski definition) is 5. The van der Waals surface area contributed by atoms with E-state index in [1.807, 2.05) is 4.90 Å². The standard InChI is InChI=1S/C24H29BrN4O3S/c1-3-4-14-32-21-9-8-17(16-20(21)25)22(30)27-24(33)26-19-7-5-6-18(15-19)23(31)29-12-10-28(2)11-13-29/h5-9,15-16H,3-4,10-14H2,1-2H3,(H2,26,27,30,33). The lowest BCUT2D eigenvalue weighted by Gasteiger charge is -2.32. The van der Waals surface area contributed by atoms with Crippen molar-refractivity contribution in [2.75, 3.05) is 45.2 Å². The van der Waals surface area contributed by atoms with Crippen molar-refractivity contribution in [3.63, 3.8) is 0 Å². The number of rotatable bonds is 7. The minimum atomic E-state index is -0.335. The molecule has 2 amide bonds. The molecule has 3 rings (SSSR count). The summed E-state index contributed by atoms with van der Waals surface area (Å²) in [7, 11) is 2.05. The number of benzene rings is 2. The van der Waals surface area contributed by atoms with Gasteiger partial charge >= 0.3 is 0 Å². The molecule has 0 spiro atoms. The van der Waals surface area contributed by atoms with Gasteiger partial charge in [0.25, 0.3) is 11.8 Å². The van der Waals surface area contributed by atoms with E-state index in [1.54, 1.807) is 42.5 Å². The van der Waals surface area contributed by atoms with E-state index >= 15 is 0 Å². The maximum absolute atomic E-state index is 12.8. The second-order valence-corrected chi connectivity index (χ2v) is 9.19. The Morgan fingerprint density at radius 2 is 1.85 bits per heavy atom. The average molecular weight is 533 g/mol. The maximum Gasteiger partial charge on any atom is 0.257 e. The van der Waals surface area contributed by atoms with Gasteiger partial charge in [-0.1, -0.05) is 19.4 Å². The molecule has 1 heterocycles. The summed E-state index contributed by atoms with van der Waals surface area (Å²) < 4.78 is 6.41. The topological polar surface area (TPSA) is 73.9 Å². The van der Waals surface area contributed by atoms with Crippen molar-refractivity contribution in [2.24, 2.45) is 0 Å². The van der Waals surface area contributed by atoms with Crippen LogP contribution < -0.4 is 15.4 Å². The zero-order valence-corrected chi connectivity index (χ0v) is 21.3. The molecule has 33 heavy (non-hydrogen) atoms. The Kier molecular flexibility index (Phi) is 9.22. The molecule has 0 bridgehead atoms. The third-order valence-electron chi connectivity index (χ3n) is 5.33. The average Bonchev–Trinajstić information content (AvgIpc) is 2.80. The third kappa shape index (κ3) is 7.25. The summed E-state index contributed by atoms with van der Waals surface area (Å²) >= 11 is 8.76. The SMILES string of the molecule is CCCCOc1ccc(C(=O)NC(=S)Nc2cccc(C(=O)N3CCN(C)CC3)c2)cc1Br. The number of carbonyl (C=O) groups is 2. The number of amides is 2. The monoisotopic (exact) mass is 532 g/mol. The van der Waals surface area contributed by atoms with Crippen molar-refractivity contribution in [1.82, 2.24) is 15.1 Å². The van der Waals surface area contributed by atoms with Crippen molar-refractivity contribution in [3.05, 3.63) is 58.1 Å². The van der Waals surface area contributed by atoms with E-state index in [9.17, 15) is 9.59 Å². The molecule has 2 aromatic rings. The van der Waals surface area contributed by atoms with Crippen LogP contribution in [0.4, 0.5) is 5.69 Å². The van der Waals surface area contributed by atoms with Crippen molar-refractivity contribution in [3.8, 4) is 5.75 Å². The molecule has 7 nitrogen and oxygen atoms in total. The smallest absolute Gasteiger partial charge is 0.257 e. The summed E-state index contributed by atoms with van der Waals surface area (Å²) in [6.45, 7) is 5.87. The van der Waals surface area contributed by atoms with Crippen LogP contribution >= 0.6 is 28.1 Å². The summed E-state index contributed by atoms with van der Waals surface area (Å²) in [5.74, 6) is 0.355. The van der Waals surface area contributed by atoms with Crippen molar-refractivity contribution in [1.29, 1.82) is 0 Å². The van der Waals surface area contributed by atoms with Gasteiger partial charge < -0.3 is 19.9 Å². The number of nitrogens with one attached hydrogen (secondary N) is 2. The van der Waals surface area contributed by atoms with Crippen LogP contribution in [0.15, 0.2) is 46.9 Å². The Labute approximate surface area is 208 Å². The van der Waals surface area contributed by atoms with Crippen LogP contribution in [-0.2, 0) is 0 Å². The first-order valence-corrected chi connectivity index (χ1v) is 12.2. The number of anilines is 1. The number of piperazine rings is 1. The highest BCUT2D eigenvalue weighted by molar-refractivity contribution is 9.10. The second kappa shape index (κ2) is 12.1. The Hall–Kier alpha value is -2.49. The molecule has 1 saturated heterocycles. The number of halogens is 1. The lowest BCUT2D eigenvalue weighted by atomic mass is 10.1. The highest BCUT2D eigenvalue weighted by atomic mass is 79.9. The largest absolute Gasteiger partial charge is 0.492 e. The first kappa shape index (κ1) is 25.1. The van der Waals surface area contributed by atoms with Crippen LogP contribution in [0.2, 0.25) is 0 Å². The van der Waals surface area contributed by atoms with Gasteiger partial charge in [-0.3, -0.25) is 14.9 Å². The Morgan fingerprint density at radius 1 is 1.09 bits per heavy atom. The highest BCUT2D eigenvalue weighted by Gasteiger charge is 2.20. The van der Waals surface area contributed by atoms with Gasteiger partial charge in [-0.15, -0.1) is 0 Å². The number of unbranched alkanes of at least 4 members (excludes halogenated alkanes) is 1. The van der Waals surface area contributed by atoms with Crippen LogP contribution in [-0.4, -0.2) is 66.6 Å². The van der Waals surface area contributed by atoms with E-state index in [0.29, 0.717) is 46.7 Å². The first-order chi connectivity index (χ1) is 15.9. The lowest BCUT2D eigenvalue weighted by molar-refractivity contribution is 0.0664. The van der Waals surface area contributed by atoms with Crippen LogP contribution in [0.5, 0.6) is 5.75 Å². The molecular weight excluding hydrogens is 504 g/mol. The van der Waals surface area contributed by atoms with Crippen LogP contribution in [0.25, 0.3) is 0 Å². The zero-order chi connectivity index (χ0) is 23.8. The number of nitrogens with zero attached hydrogens (tertiary/aromatic N) is 2. The third-order valence-corrected chi connectivity index (χ3v) is 6.16. The van der Waals surface area contributed by atoms with E-state index in [-0.39, 0.29) is 16.9 Å². The van der Waals surface area contributed by atoms with Gasteiger partial charge in [0.15, 0.2) is 5.11 Å². The predicted octanol–water partition coefficient (Wildman–Crippen LogP) is 4.14. The molecule has 0 atom stereocenters. The molecule has 0 aromatic heterocycles. The summed E-state index contributed by atoms with van der Waals surface area (Å²) in [5.41, 5.74) is 1.68. The van der Waals surface area contributed by atoms with Gasteiger partial charge in [0.1, 0.15) is 5.75 Å². The predicted molar refractivity (Wildman–Crippen MR) is 138 cm³/mol. The minimum Gasteiger partial charge on any atom is -0.492 e. The molecule has 9 heteroatoms. The van der Waals surface area contributed by atoms with E-state index in [1.165, 1.54) is 0 Å². The van der Waals surface area contributed by atoms with Crippen LogP contribution in [0.1, 0.15) is 40.5 Å². The Bertz CT molecular complexity index is 1010. The first-order valence-electron chi connectivity index (χ1n) is 11.0. The Morgan fingerprint density at radius 3 is 2.55 bits per heavy atom. The fraction of sp³-hybridized carbons (Fsp3) is 0.375. The summed E-state index contributed by atoms with van der Waals surface area (Å²) in [6, 6.07) is 12.3. The molecular formula is C24H29BrN4O3S. The van der Waals surface area contributed by atoms with Crippen molar-refractivity contribution in [2.45, 2.75) is 19.8 Å². The molecule has 2 N–H and O–H groups in total. The van der Waals surface area contributed by atoms with Gasteiger partial charge in [0.05, 0.1) is 11.1 Å². The fourth-order valence-electron chi connectivity index (χ4n) is 3.35. The summed E-state index contributed by atoms with van der Waals surface area (Å²) in [5, 5.41) is 5.83. The van der Waals surface area contributed by atoms with Gasteiger partial charge in [0, 0.05) is 43.0 Å². The number of likely N-dealkylation sites (N-methyl/N-ethyl adjacent to an activating group) is 1. The van der Waals surface area contributed by atoms with Gasteiger partial charge in [-0.25, -0.2) is 0 Å². The Balaban J connectivity index is 1.57. The normalized spacial score (nSPS) is 14.0. The quantitative estimate of drug-likeness (QED) is 0.412. The number of thiocarbonyl (C=S) groups is 1. The molecule has 1 aliphatic heterocycles. The maximum atomic E-state index is 12.8. The zero-order valence-electron chi connectivity index (χ0n) is 18.9. The van der Waals surface area contributed by atoms with E-state index in [2.05, 4.69) is 45.4 Å². The van der Waals surface area contributed by atoms with E-state index < -0.39 is 0 Å². The summed E-state index contributed by atoms with van der Waals surface area (Å²) in [6.07, 6.45) is 2.02. The van der Waals surface area contributed by atoms with Gasteiger partial charge in [-0.2, -0.15) is 0 Å². The highest BCUT2D eigenvalue weighted by Crippen LogP contribution is 2.26. The number of ether oxygens (including phenoxy) is 1. The van der Waals surface area contributed by atoms with E-state index in [4.69, 9.17) is 17.0 Å². The van der Waals surface area contributed by atoms with Crippen molar-refractivity contribution < 1.29 is 14.3 Å². The molecule has 0 unspecified atom stereocenters. The van der Waals surface area contributed by atoms with Gasteiger partial charge in [0.2, 0.25) is 0 Å². The van der Waals surface area contributed by atoms with Crippen molar-refractivity contribution >= 4 is 50.8 Å². The van der Waals surface area contributed by atoms with Gasteiger partial charge in [-0.05, 0) is 78.0 Å². The summed E-state index contributed by atoms with van der Waals surface area (Å²) in [4.78, 5) is 29.5. The number of hydrogen-bond donors (Lipinski definition) is 2. The van der Waals surface area contributed by atoms with Crippen LogP contribution in [0.3, 0.4) is 0 Å². The molecule has 0 aliphatic carbocycles. The minimum absolute atomic E-state index is 0.00667. The molecule has 2 aromatic carbocycles. The molecule has 1 aliphatic rings. The second-order valence-electron chi connectivity index (χ2n) is 7.93. The van der Waals surface area contributed by atoms with E-state index in [0.717, 1.165) is 25.9 Å². The lowest BCUT2D eigenvalue weighted by Crippen LogP contribution is -2.47. The fourth-order valence-corrected chi connectivity index (χ4v) is 4.05. The number of carbonyl (C=O) groups excluding carboxylic acids is 2.